The van der Waals surface area contributed by atoms with E-state index in [9.17, 15) is 9.59 Å². The molecule has 1 saturated heterocycles. The highest BCUT2D eigenvalue weighted by Crippen LogP contribution is 2.16. The number of hydrogen-bond acceptors (Lipinski definition) is 4. The first-order valence-electron chi connectivity index (χ1n) is 5.95. The smallest absolute Gasteiger partial charge is 0.407 e. The summed E-state index contributed by atoms with van der Waals surface area (Å²) in [5.41, 5.74) is -0.486. The van der Waals surface area contributed by atoms with Crippen molar-refractivity contribution in [1.82, 2.24) is 5.32 Å². The number of ether oxygens (including phenoxy) is 2. The van der Waals surface area contributed by atoms with Gasteiger partial charge in [-0.1, -0.05) is 0 Å². The average Bonchev–Trinajstić information content (AvgIpc) is 2.18. The van der Waals surface area contributed by atoms with Gasteiger partial charge in [0.1, 0.15) is 11.9 Å². The predicted molar refractivity (Wildman–Crippen MR) is 62.8 cm³/mol. The van der Waals surface area contributed by atoms with Crippen LogP contribution in [0.15, 0.2) is 0 Å². The normalized spacial score (nSPS) is 25.1. The van der Waals surface area contributed by atoms with E-state index < -0.39 is 11.7 Å². The summed E-state index contributed by atoms with van der Waals surface area (Å²) in [6.07, 6.45) is 2.49. The Morgan fingerprint density at radius 1 is 1.47 bits per heavy atom. The maximum Gasteiger partial charge on any atom is 0.407 e. The molecular weight excluding hydrogens is 222 g/mol. The Morgan fingerprint density at radius 2 is 2.18 bits per heavy atom. The zero-order valence-corrected chi connectivity index (χ0v) is 10.7. The monoisotopic (exact) mass is 243 g/mol. The van der Waals surface area contributed by atoms with E-state index in [4.69, 9.17) is 9.47 Å². The second-order valence-electron chi connectivity index (χ2n) is 5.28. The van der Waals surface area contributed by atoms with Gasteiger partial charge in [0.05, 0.1) is 18.8 Å². The largest absolute Gasteiger partial charge is 0.444 e. The second-order valence-corrected chi connectivity index (χ2v) is 5.28. The molecule has 0 aromatic carbocycles. The van der Waals surface area contributed by atoms with Crippen LogP contribution < -0.4 is 5.32 Å². The Balaban J connectivity index is 2.26. The molecule has 0 radical (unpaired) electrons. The molecule has 0 saturated carbocycles. The first-order chi connectivity index (χ1) is 7.90. The average molecular weight is 243 g/mol. The van der Waals surface area contributed by atoms with E-state index in [-0.39, 0.29) is 12.1 Å². The van der Waals surface area contributed by atoms with Gasteiger partial charge in [0, 0.05) is 6.42 Å². The summed E-state index contributed by atoms with van der Waals surface area (Å²) in [7, 11) is 0. The van der Waals surface area contributed by atoms with Gasteiger partial charge in [-0.15, -0.1) is 0 Å². The lowest BCUT2D eigenvalue weighted by Gasteiger charge is -2.29. The molecule has 17 heavy (non-hydrogen) atoms. The van der Waals surface area contributed by atoms with E-state index in [1.807, 2.05) is 20.8 Å². The Hall–Kier alpha value is -1.10. The predicted octanol–water partition coefficient (Wildman–Crippen LogP) is 1.65. The highest BCUT2D eigenvalue weighted by atomic mass is 16.6. The van der Waals surface area contributed by atoms with Crippen molar-refractivity contribution in [3.8, 4) is 0 Å². The number of nitrogens with one attached hydrogen (secondary N) is 1. The minimum absolute atomic E-state index is 0.00388. The molecule has 1 aliphatic heterocycles. The standard InChI is InChI=1S/C12H21NO4/c1-12(2,3)17-11(15)13-9-4-5-10(6-7-14)16-8-9/h7,9-10H,4-6,8H2,1-3H3,(H,13,15)/t9?,10-/m1/s1. The van der Waals surface area contributed by atoms with Gasteiger partial charge in [0.2, 0.25) is 0 Å². The molecule has 0 aromatic rings. The lowest BCUT2D eigenvalue weighted by Crippen LogP contribution is -2.44. The molecule has 98 valence electrons. The molecule has 1 heterocycles. The molecule has 0 aromatic heterocycles. The summed E-state index contributed by atoms with van der Waals surface area (Å²) in [6, 6.07) is -0.0206. The van der Waals surface area contributed by atoms with Gasteiger partial charge in [0.15, 0.2) is 0 Å². The van der Waals surface area contributed by atoms with Crippen LogP contribution in [0, 0.1) is 0 Å². The summed E-state index contributed by atoms with van der Waals surface area (Å²) in [5, 5.41) is 2.76. The number of aldehydes is 1. The van der Waals surface area contributed by atoms with E-state index >= 15 is 0 Å². The van der Waals surface area contributed by atoms with E-state index in [0.29, 0.717) is 13.0 Å². The molecule has 1 fully saturated rings. The number of hydrogen-bond donors (Lipinski definition) is 1. The molecule has 5 nitrogen and oxygen atoms in total. The molecule has 2 atom stereocenters. The third-order valence-corrected chi connectivity index (χ3v) is 2.45. The number of rotatable bonds is 3. The van der Waals surface area contributed by atoms with Gasteiger partial charge in [-0.2, -0.15) is 0 Å². The highest BCUT2D eigenvalue weighted by molar-refractivity contribution is 5.68. The van der Waals surface area contributed by atoms with Crippen LogP contribution in [0.5, 0.6) is 0 Å². The molecule has 0 spiro atoms. The fourth-order valence-corrected chi connectivity index (χ4v) is 1.69. The maximum absolute atomic E-state index is 11.5. The summed E-state index contributed by atoms with van der Waals surface area (Å²) in [6.45, 7) is 5.91. The molecule has 1 amide bonds. The number of carbonyl (C=O) groups is 2. The van der Waals surface area contributed by atoms with Crippen LogP contribution >= 0.6 is 0 Å². The van der Waals surface area contributed by atoms with Crippen LogP contribution in [0.25, 0.3) is 0 Å². The number of alkyl carbamates (subject to hydrolysis) is 1. The summed E-state index contributed by atoms with van der Waals surface area (Å²) in [4.78, 5) is 21.8. The van der Waals surface area contributed by atoms with Crippen LogP contribution in [0.1, 0.15) is 40.0 Å². The lowest BCUT2D eigenvalue weighted by molar-refractivity contribution is -0.111. The Bertz CT molecular complexity index is 264. The van der Waals surface area contributed by atoms with Crippen molar-refractivity contribution in [3.63, 3.8) is 0 Å². The lowest BCUT2D eigenvalue weighted by atomic mass is 10.0. The highest BCUT2D eigenvalue weighted by Gasteiger charge is 2.24. The van der Waals surface area contributed by atoms with Crippen molar-refractivity contribution in [3.05, 3.63) is 0 Å². The molecule has 1 aliphatic rings. The quantitative estimate of drug-likeness (QED) is 0.765. The van der Waals surface area contributed by atoms with Crippen LogP contribution in [-0.2, 0) is 14.3 Å². The molecule has 0 aliphatic carbocycles. The number of amides is 1. The third-order valence-electron chi connectivity index (χ3n) is 2.45. The fourth-order valence-electron chi connectivity index (χ4n) is 1.69. The molecule has 1 N–H and O–H groups in total. The van der Waals surface area contributed by atoms with Crippen molar-refractivity contribution < 1.29 is 19.1 Å². The van der Waals surface area contributed by atoms with Crippen molar-refractivity contribution in [2.45, 2.75) is 57.8 Å². The Morgan fingerprint density at radius 3 is 2.65 bits per heavy atom. The molecular formula is C12H21NO4. The summed E-state index contributed by atoms with van der Waals surface area (Å²) < 4.78 is 10.6. The fraction of sp³-hybridized carbons (Fsp3) is 0.833. The van der Waals surface area contributed by atoms with Crippen LogP contribution in [0.2, 0.25) is 0 Å². The zero-order valence-electron chi connectivity index (χ0n) is 10.7. The molecule has 1 rings (SSSR count). The van der Waals surface area contributed by atoms with Gasteiger partial charge in [0.25, 0.3) is 0 Å². The van der Waals surface area contributed by atoms with E-state index in [0.717, 1.165) is 19.1 Å². The van der Waals surface area contributed by atoms with Crippen LogP contribution in [0.3, 0.4) is 0 Å². The van der Waals surface area contributed by atoms with Gasteiger partial charge in [-0.3, -0.25) is 0 Å². The van der Waals surface area contributed by atoms with E-state index in [1.165, 1.54) is 0 Å². The van der Waals surface area contributed by atoms with Gasteiger partial charge < -0.3 is 19.6 Å². The maximum atomic E-state index is 11.5. The SMILES string of the molecule is CC(C)(C)OC(=O)NC1CC[C@H](CC=O)OC1. The van der Waals surface area contributed by atoms with Crippen molar-refractivity contribution in [2.75, 3.05) is 6.61 Å². The minimum atomic E-state index is -0.486. The first kappa shape index (κ1) is 14.0. The van der Waals surface area contributed by atoms with Crippen molar-refractivity contribution >= 4 is 12.4 Å². The summed E-state index contributed by atoms with van der Waals surface area (Å²) >= 11 is 0. The Labute approximate surface area is 102 Å². The molecule has 0 bridgehead atoms. The van der Waals surface area contributed by atoms with Gasteiger partial charge in [-0.25, -0.2) is 4.79 Å². The van der Waals surface area contributed by atoms with Crippen LogP contribution in [0.4, 0.5) is 4.79 Å². The van der Waals surface area contributed by atoms with Crippen LogP contribution in [-0.4, -0.2) is 36.7 Å². The molecule has 1 unspecified atom stereocenters. The third kappa shape index (κ3) is 5.68. The zero-order chi connectivity index (χ0) is 12.9. The minimum Gasteiger partial charge on any atom is -0.444 e. The second kappa shape index (κ2) is 6.00. The van der Waals surface area contributed by atoms with E-state index in [2.05, 4.69) is 5.32 Å². The molecule has 5 heteroatoms. The Kier molecular flexibility index (Phi) is 4.93. The summed E-state index contributed by atoms with van der Waals surface area (Å²) in [5.74, 6) is 0. The van der Waals surface area contributed by atoms with Crippen molar-refractivity contribution in [2.24, 2.45) is 0 Å². The van der Waals surface area contributed by atoms with Crippen molar-refractivity contribution in [1.29, 1.82) is 0 Å². The van der Waals surface area contributed by atoms with Gasteiger partial charge >= 0.3 is 6.09 Å². The first-order valence-corrected chi connectivity index (χ1v) is 5.95. The van der Waals surface area contributed by atoms with Gasteiger partial charge in [-0.05, 0) is 33.6 Å². The number of carbonyl (C=O) groups excluding carboxylic acids is 2. The van der Waals surface area contributed by atoms with E-state index in [1.54, 1.807) is 0 Å². The topological polar surface area (TPSA) is 64.6 Å².